The smallest absolute Gasteiger partial charge is 0.410 e. The normalized spacial score (nSPS) is 18.0. The molecule has 1 atom stereocenters. The van der Waals surface area contributed by atoms with Crippen LogP contribution in [-0.2, 0) is 9.53 Å². The third-order valence-corrected chi connectivity index (χ3v) is 4.28. The highest BCUT2D eigenvalue weighted by Crippen LogP contribution is 2.19. The third-order valence-electron chi connectivity index (χ3n) is 4.03. The van der Waals surface area contributed by atoms with Crippen LogP contribution >= 0.6 is 11.6 Å². The lowest BCUT2D eigenvalue weighted by molar-refractivity contribution is -0.116. The van der Waals surface area contributed by atoms with Gasteiger partial charge < -0.3 is 15.0 Å². The summed E-state index contributed by atoms with van der Waals surface area (Å²) in [7, 11) is 0. The van der Waals surface area contributed by atoms with Crippen LogP contribution in [0.5, 0.6) is 0 Å². The first-order valence-electron chi connectivity index (χ1n) is 8.92. The summed E-state index contributed by atoms with van der Waals surface area (Å²) in [6, 6.07) is 7.27. The molecule has 0 radical (unpaired) electrons. The highest BCUT2D eigenvalue weighted by atomic mass is 35.5. The molecule has 1 unspecified atom stereocenters. The van der Waals surface area contributed by atoms with Gasteiger partial charge in [-0.3, -0.25) is 4.79 Å². The van der Waals surface area contributed by atoms with Crippen LogP contribution in [0.25, 0.3) is 6.08 Å². The van der Waals surface area contributed by atoms with Crippen LogP contribution < -0.4 is 5.32 Å². The molecular formula is C20H27ClN2O3. The number of likely N-dealkylation sites (tertiary alicyclic amines) is 1. The van der Waals surface area contributed by atoms with E-state index in [4.69, 9.17) is 16.3 Å². The second-order valence-electron chi connectivity index (χ2n) is 7.56. The molecule has 5 nitrogen and oxygen atoms in total. The van der Waals surface area contributed by atoms with E-state index in [9.17, 15) is 9.59 Å². The number of rotatable bonds is 4. The van der Waals surface area contributed by atoms with Crippen molar-refractivity contribution in [2.24, 2.45) is 5.92 Å². The van der Waals surface area contributed by atoms with E-state index in [-0.39, 0.29) is 17.9 Å². The van der Waals surface area contributed by atoms with Crippen molar-refractivity contribution in [2.45, 2.75) is 39.2 Å². The van der Waals surface area contributed by atoms with Crippen LogP contribution in [0.3, 0.4) is 0 Å². The van der Waals surface area contributed by atoms with Gasteiger partial charge in [-0.2, -0.15) is 0 Å². The molecule has 1 aromatic carbocycles. The second kappa shape index (κ2) is 9.08. The lowest BCUT2D eigenvalue weighted by Crippen LogP contribution is -2.45. The van der Waals surface area contributed by atoms with Gasteiger partial charge in [0.2, 0.25) is 5.91 Å². The molecule has 1 fully saturated rings. The van der Waals surface area contributed by atoms with E-state index in [1.54, 1.807) is 23.1 Å². The van der Waals surface area contributed by atoms with Crippen LogP contribution in [0.1, 0.15) is 39.2 Å². The van der Waals surface area contributed by atoms with Crippen molar-refractivity contribution < 1.29 is 14.3 Å². The Morgan fingerprint density at radius 2 is 2.00 bits per heavy atom. The van der Waals surface area contributed by atoms with Gasteiger partial charge in [0.1, 0.15) is 5.60 Å². The molecule has 0 aliphatic carbocycles. The Morgan fingerprint density at radius 1 is 1.31 bits per heavy atom. The molecule has 1 aliphatic heterocycles. The van der Waals surface area contributed by atoms with Gasteiger partial charge >= 0.3 is 6.09 Å². The number of hydrogen-bond acceptors (Lipinski definition) is 3. The fourth-order valence-corrected chi connectivity index (χ4v) is 2.90. The summed E-state index contributed by atoms with van der Waals surface area (Å²) < 4.78 is 5.43. The molecule has 0 aromatic heterocycles. The molecular weight excluding hydrogens is 352 g/mol. The molecule has 1 heterocycles. The number of nitrogens with one attached hydrogen (secondary N) is 1. The molecule has 2 amide bonds. The summed E-state index contributed by atoms with van der Waals surface area (Å²) in [5, 5.41) is 3.58. The third kappa shape index (κ3) is 7.08. The van der Waals surface area contributed by atoms with E-state index in [0.29, 0.717) is 24.7 Å². The van der Waals surface area contributed by atoms with Gasteiger partial charge in [-0.1, -0.05) is 23.7 Å². The minimum Gasteiger partial charge on any atom is -0.444 e. The Morgan fingerprint density at radius 3 is 2.65 bits per heavy atom. The van der Waals surface area contributed by atoms with E-state index < -0.39 is 5.60 Å². The Hall–Kier alpha value is -2.01. The average molecular weight is 379 g/mol. The van der Waals surface area contributed by atoms with Crippen molar-refractivity contribution in [3.63, 3.8) is 0 Å². The van der Waals surface area contributed by atoms with Crippen molar-refractivity contribution in [1.82, 2.24) is 10.2 Å². The molecule has 1 saturated heterocycles. The van der Waals surface area contributed by atoms with Gasteiger partial charge in [0, 0.05) is 30.7 Å². The van der Waals surface area contributed by atoms with E-state index in [0.717, 1.165) is 18.4 Å². The molecule has 1 aliphatic rings. The zero-order valence-corrected chi connectivity index (χ0v) is 16.4. The van der Waals surface area contributed by atoms with Gasteiger partial charge in [-0.15, -0.1) is 0 Å². The number of carbonyl (C=O) groups is 2. The predicted molar refractivity (Wildman–Crippen MR) is 104 cm³/mol. The first-order chi connectivity index (χ1) is 12.2. The molecule has 26 heavy (non-hydrogen) atoms. The van der Waals surface area contributed by atoms with E-state index in [1.807, 2.05) is 32.9 Å². The molecule has 2 rings (SSSR count). The van der Waals surface area contributed by atoms with Crippen molar-refractivity contribution >= 4 is 29.7 Å². The van der Waals surface area contributed by atoms with Gasteiger partial charge in [0.05, 0.1) is 0 Å². The van der Waals surface area contributed by atoms with Crippen molar-refractivity contribution in [3.05, 3.63) is 40.9 Å². The zero-order chi connectivity index (χ0) is 19.2. The predicted octanol–water partition coefficient (Wildman–Crippen LogP) is 4.12. The Bertz CT molecular complexity index is 650. The maximum absolute atomic E-state index is 12.2. The summed E-state index contributed by atoms with van der Waals surface area (Å²) in [5.74, 6) is 0.0958. The minimum absolute atomic E-state index is 0.144. The van der Waals surface area contributed by atoms with Crippen molar-refractivity contribution in [3.8, 4) is 0 Å². The SMILES string of the molecule is CC(C)(C)OC(=O)N1CCCC(CNC(=O)C=Cc2ccc(Cl)cc2)C1. The summed E-state index contributed by atoms with van der Waals surface area (Å²) in [4.78, 5) is 25.9. The minimum atomic E-state index is -0.495. The topological polar surface area (TPSA) is 58.6 Å². The number of carbonyl (C=O) groups excluding carboxylic acids is 2. The number of ether oxygens (including phenoxy) is 1. The molecule has 0 bridgehead atoms. The van der Waals surface area contributed by atoms with Gasteiger partial charge in [-0.05, 0) is 63.3 Å². The molecule has 0 spiro atoms. The van der Waals surface area contributed by atoms with E-state index in [2.05, 4.69) is 5.32 Å². The van der Waals surface area contributed by atoms with Gasteiger partial charge in [-0.25, -0.2) is 4.79 Å². The van der Waals surface area contributed by atoms with E-state index >= 15 is 0 Å². The number of halogens is 1. The molecule has 6 heteroatoms. The number of benzene rings is 1. The standard InChI is InChI=1S/C20H27ClN2O3/c1-20(2,3)26-19(25)23-12-4-5-16(14-23)13-22-18(24)11-8-15-6-9-17(21)10-7-15/h6-11,16H,4-5,12-14H2,1-3H3,(H,22,24). The Balaban J connectivity index is 1.78. The highest BCUT2D eigenvalue weighted by Gasteiger charge is 2.27. The lowest BCUT2D eigenvalue weighted by atomic mass is 9.98. The monoisotopic (exact) mass is 378 g/mol. The summed E-state index contributed by atoms with van der Waals surface area (Å²) in [6.07, 6.45) is 4.88. The quantitative estimate of drug-likeness (QED) is 0.802. The largest absolute Gasteiger partial charge is 0.444 e. The first-order valence-corrected chi connectivity index (χ1v) is 9.30. The van der Waals surface area contributed by atoms with Crippen molar-refractivity contribution in [1.29, 1.82) is 0 Å². The van der Waals surface area contributed by atoms with Crippen LogP contribution in [0.4, 0.5) is 4.79 Å². The van der Waals surface area contributed by atoms with Crippen LogP contribution in [0, 0.1) is 5.92 Å². The second-order valence-corrected chi connectivity index (χ2v) is 8.00. The summed E-state index contributed by atoms with van der Waals surface area (Å²) in [6.45, 7) is 7.44. The Labute approximate surface area is 160 Å². The number of amides is 2. The van der Waals surface area contributed by atoms with Crippen LogP contribution in [0.15, 0.2) is 30.3 Å². The Kier molecular flexibility index (Phi) is 7.09. The maximum Gasteiger partial charge on any atom is 0.410 e. The number of hydrogen-bond donors (Lipinski definition) is 1. The van der Waals surface area contributed by atoms with Crippen LogP contribution in [-0.4, -0.2) is 42.1 Å². The first kappa shape index (κ1) is 20.3. The molecule has 0 saturated carbocycles. The lowest BCUT2D eigenvalue weighted by Gasteiger charge is -2.34. The molecule has 1 aromatic rings. The average Bonchev–Trinajstić information content (AvgIpc) is 2.58. The van der Waals surface area contributed by atoms with Gasteiger partial charge in [0.25, 0.3) is 0 Å². The molecule has 142 valence electrons. The van der Waals surface area contributed by atoms with Gasteiger partial charge in [0.15, 0.2) is 0 Å². The number of piperidine rings is 1. The fourth-order valence-electron chi connectivity index (χ4n) is 2.77. The summed E-state index contributed by atoms with van der Waals surface area (Å²) in [5.41, 5.74) is 0.420. The molecule has 1 N–H and O–H groups in total. The van der Waals surface area contributed by atoms with Crippen molar-refractivity contribution in [2.75, 3.05) is 19.6 Å². The zero-order valence-electron chi connectivity index (χ0n) is 15.6. The number of nitrogens with zero attached hydrogens (tertiary/aromatic N) is 1. The van der Waals surface area contributed by atoms with Crippen LogP contribution in [0.2, 0.25) is 5.02 Å². The summed E-state index contributed by atoms with van der Waals surface area (Å²) >= 11 is 5.84. The van der Waals surface area contributed by atoms with E-state index in [1.165, 1.54) is 6.08 Å². The maximum atomic E-state index is 12.2. The highest BCUT2D eigenvalue weighted by molar-refractivity contribution is 6.30. The fraction of sp³-hybridized carbons (Fsp3) is 0.500.